The first kappa shape index (κ1) is 39.2. The number of amides is 1. The molecule has 9 heteroatoms. The highest BCUT2D eigenvalue weighted by atomic mass is 32.2. The van der Waals surface area contributed by atoms with Crippen LogP contribution in [0.15, 0.2) is 35.5 Å². The second kappa shape index (κ2) is 13.3. The van der Waals surface area contributed by atoms with Crippen molar-refractivity contribution < 1.29 is 27.5 Å². The van der Waals surface area contributed by atoms with Gasteiger partial charge in [0.15, 0.2) is 9.84 Å². The molecule has 0 aromatic rings. The molecule has 0 bridgehead atoms. The van der Waals surface area contributed by atoms with Crippen LogP contribution in [-0.2, 0) is 19.4 Å². The minimum atomic E-state index is -3.08. The number of carbonyl (C=O) groups excluding carboxylic acids is 1. The van der Waals surface area contributed by atoms with Crippen molar-refractivity contribution in [3.05, 3.63) is 35.5 Å². The van der Waals surface area contributed by atoms with Crippen molar-refractivity contribution in [3.63, 3.8) is 0 Å². The number of alkyl halides is 1. The van der Waals surface area contributed by atoms with Gasteiger partial charge in [0.1, 0.15) is 6.67 Å². The van der Waals surface area contributed by atoms with Crippen molar-refractivity contribution >= 4 is 21.7 Å². The highest BCUT2D eigenvalue weighted by molar-refractivity contribution is 7.91. The van der Waals surface area contributed by atoms with Crippen LogP contribution in [0.25, 0.3) is 0 Å². The Morgan fingerprint density at radius 1 is 0.925 bits per heavy atom. The molecule has 6 aliphatic carbocycles. The molecule has 2 N–H and O–H groups in total. The van der Waals surface area contributed by atoms with Gasteiger partial charge in [-0.25, -0.2) is 12.8 Å². The van der Waals surface area contributed by atoms with Gasteiger partial charge in [-0.15, -0.1) is 0 Å². The molecule has 7 nitrogen and oxygen atoms in total. The number of carboxylic acid groups (broad SMARTS) is 1. The first-order valence-corrected chi connectivity index (χ1v) is 22.7. The molecule has 0 aromatic heterocycles. The van der Waals surface area contributed by atoms with Crippen LogP contribution in [0, 0.1) is 56.7 Å². The Morgan fingerprint density at radius 3 is 2.34 bits per heavy atom. The SMILES string of the molecule is C=C(C)C1CCC2(NCC(=O)N3CCCS(=O)(=O)CC3)CCC3(C)C(CCC4C5(C)CC=C(C6=CCC(CF)(C(=O)O)CC6)C(C)(C)C5CCC43C)C12. The van der Waals surface area contributed by atoms with Crippen LogP contribution in [0.2, 0.25) is 0 Å². The molecule has 0 radical (unpaired) electrons. The van der Waals surface area contributed by atoms with E-state index in [0.717, 1.165) is 32.1 Å². The lowest BCUT2D eigenvalue weighted by Crippen LogP contribution is -2.68. The Labute approximate surface area is 319 Å². The predicted octanol–water partition coefficient (Wildman–Crippen LogP) is 8.32. The molecular weight excluding hydrogens is 688 g/mol. The fourth-order valence-electron chi connectivity index (χ4n) is 14.7. The minimum absolute atomic E-state index is 0.0317. The van der Waals surface area contributed by atoms with E-state index in [1.54, 1.807) is 4.90 Å². The van der Waals surface area contributed by atoms with E-state index >= 15 is 0 Å². The van der Waals surface area contributed by atoms with E-state index < -0.39 is 27.9 Å². The van der Waals surface area contributed by atoms with E-state index in [9.17, 15) is 27.5 Å². The number of hydrogen-bond acceptors (Lipinski definition) is 5. The Balaban J connectivity index is 1.14. The normalized spacial score (nSPS) is 44.6. The van der Waals surface area contributed by atoms with E-state index in [1.165, 1.54) is 42.4 Å². The summed E-state index contributed by atoms with van der Waals surface area (Å²) in [6.07, 6.45) is 16.5. The third-order valence-electron chi connectivity index (χ3n) is 17.8. The van der Waals surface area contributed by atoms with Gasteiger partial charge in [-0.05, 0) is 153 Å². The summed E-state index contributed by atoms with van der Waals surface area (Å²) >= 11 is 0. The van der Waals surface area contributed by atoms with Crippen LogP contribution in [-0.4, -0.2) is 73.7 Å². The number of hydrogen-bond donors (Lipinski definition) is 2. The zero-order valence-electron chi connectivity index (χ0n) is 33.5. The van der Waals surface area contributed by atoms with Gasteiger partial charge in [0.2, 0.25) is 5.91 Å². The second-order valence-electron chi connectivity index (χ2n) is 20.3. The van der Waals surface area contributed by atoms with Gasteiger partial charge in [-0.2, -0.15) is 0 Å². The predicted molar refractivity (Wildman–Crippen MR) is 209 cm³/mol. The maximum Gasteiger partial charge on any atom is 0.312 e. The number of carbonyl (C=O) groups is 2. The first-order chi connectivity index (χ1) is 24.8. The summed E-state index contributed by atoms with van der Waals surface area (Å²) in [4.78, 5) is 27.4. The van der Waals surface area contributed by atoms with Crippen LogP contribution in [0.5, 0.6) is 0 Å². The Kier molecular flexibility index (Phi) is 9.85. The Morgan fingerprint density at radius 2 is 1.68 bits per heavy atom. The lowest BCUT2D eigenvalue weighted by atomic mass is 9.33. The number of allylic oxidation sites excluding steroid dienone is 5. The highest BCUT2D eigenvalue weighted by Gasteiger charge is 2.70. The summed E-state index contributed by atoms with van der Waals surface area (Å²) in [5, 5.41) is 13.7. The molecule has 7 aliphatic rings. The number of nitrogens with zero attached hydrogens (tertiary/aromatic N) is 1. The molecule has 7 rings (SSSR count). The summed E-state index contributed by atoms with van der Waals surface area (Å²) in [6.45, 7) is 19.7. The van der Waals surface area contributed by atoms with Crippen molar-refractivity contribution in [2.45, 2.75) is 131 Å². The lowest BCUT2D eigenvalue weighted by molar-refractivity contribution is -0.221. The van der Waals surface area contributed by atoms with Crippen molar-refractivity contribution in [1.82, 2.24) is 10.2 Å². The van der Waals surface area contributed by atoms with Gasteiger partial charge in [0.05, 0.1) is 23.5 Å². The van der Waals surface area contributed by atoms with E-state index in [2.05, 4.69) is 65.6 Å². The van der Waals surface area contributed by atoms with Crippen LogP contribution >= 0.6 is 0 Å². The zero-order chi connectivity index (χ0) is 38.4. The average molecular weight is 755 g/mol. The Bertz CT molecular complexity index is 1700. The Hall–Kier alpha value is -2.00. The highest BCUT2D eigenvalue weighted by Crippen LogP contribution is 2.76. The molecule has 10 atom stereocenters. The van der Waals surface area contributed by atoms with Gasteiger partial charge in [-0.1, -0.05) is 58.9 Å². The molecule has 0 spiro atoms. The van der Waals surface area contributed by atoms with Crippen LogP contribution < -0.4 is 5.32 Å². The number of halogens is 1. The maximum atomic E-state index is 14.0. The largest absolute Gasteiger partial charge is 0.481 e. The van der Waals surface area contributed by atoms with Crippen LogP contribution in [0.4, 0.5) is 4.39 Å². The van der Waals surface area contributed by atoms with Gasteiger partial charge in [-0.3, -0.25) is 9.59 Å². The number of nitrogens with one attached hydrogen (secondary N) is 1. The van der Waals surface area contributed by atoms with Crippen LogP contribution in [0.3, 0.4) is 0 Å². The molecule has 5 fully saturated rings. The molecular formula is C44H67FN2O5S. The van der Waals surface area contributed by atoms with Crippen molar-refractivity contribution in [2.75, 3.05) is 37.8 Å². The second-order valence-corrected chi connectivity index (χ2v) is 22.6. The average Bonchev–Trinajstić information content (AvgIpc) is 3.39. The first-order valence-electron chi connectivity index (χ1n) is 20.9. The van der Waals surface area contributed by atoms with Crippen molar-refractivity contribution in [1.29, 1.82) is 0 Å². The topological polar surface area (TPSA) is 104 Å². The summed E-state index contributed by atoms with van der Waals surface area (Å²) in [6, 6.07) is 0. The standard InChI is InChI=1S/C44H67FN2O5S/c1-29(2)31-13-20-44(46-27-36(48)47-23-8-25-53(51,52)26-24-47)22-21-41(6)33(37(31)44)9-10-35-40(5)16-14-32(39(3,4)34(40)15-17-42(35,41)7)30-11-18-43(28-45,19-12-30)38(49)50/h11,14,31,33-35,37,46H,1,8-10,12-13,15-28H2,2-7H3,(H,49,50). The van der Waals surface area contributed by atoms with Gasteiger partial charge < -0.3 is 15.3 Å². The third kappa shape index (κ3) is 5.96. The molecule has 4 saturated carbocycles. The third-order valence-corrected chi connectivity index (χ3v) is 19.5. The zero-order valence-corrected chi connectivity index (χ0v) is 34.3. The van der Waals surface area contributed by atoms with E-state index in [1.807, 2.05) is 0 Å². The number of aliphatic carboxylic acids is 1. The number of carboxylic acids is 1. The summed E-state index contributed by atoms with van der Waals surface area (Å²) in [7, 11) is -3.08. The van der Waals surface area contributed by atoms with E-state index in [4.69, 9.17) is 0 Å². The molecule has 1 saturated heterocycles. The maximum absolute atomic E-state index is 14.0. The number of sulfone groups is 1. The summed E-state index contributed by atoms with van der Waals surface area (Å²) in [5.74, 6) is 1.73. The monoisotopic (exact) mass is 754 g/mol. The lowest BCUT2D eigenvalue weighted by Gasteiger charge is -2.72. The number of rotatable bonds is 7. The van der Waals surface area contributed by atoms with Gasteiger partial charge >= 0.3 is 5.97 Å². The fraction of sp³-hybridized carbons (Fsp3) is 0.818. The molecule has 296 valence electrons. The molecule has 0 aromatic carbocycles. The molecule has 1 aliphatic heterocycles. The smallest absolute Gasteiger partial charge is 0.312 e. The molecule has 1 heterocycles. The van der Waals surface area contributed by atoms with Crippen molar-refractivity contribution in [3.8, 4) is 0 Å². The molecule has 53 heavy (non-hydrogen) atoms. The van der Waals surface area contributed by atoms with E-state index in [-0.39, 0.29) is 57.6 Å². The fourth-order valence-corrected chi connectivity index (χ4v) is 15.9. The van der Waals surface area contributed by atoms with Crippen molar-refractivity contribution in [2.24, 2.45) is 56.7 Å². The van der Waals surface area contributed by atoms with Crippen LogP contribution in [0.1, 0.15) is 125 Å². The van der Waals surface area contributed by atoms with Gasteiger partial charge in [0, 0.05) is 18.6 Å². The summed E-state index contributed by atoms with van der Waals surface area (Å²) in [5.41, 5.74) is 2.94. The minimum Gasteiger partial charge on any atom is -0.481 e. The molecule has 10 unspecified atom stereocenters. The van der Waals surface area contributed by atoms with Gasteiger partial charge in [0.25, 0.3) is 0 Å². The molecule has 1 amide bonds. The number of fused-ring (bicyclic) bond motifs is 7. The van der Waals surface area contributed by atoms with E-state index in [0.29, 0.717) is 61.9 Å². The summed E-state index contributed by atoms with van der Waals surface area (Å²) < 4.78 is 38.5. The quantitative estimate of drug-likeness (QED) is 0.254.